The maximum Gasteiger partial charge on any atom is 0.126 e. The molecule has 2 aromatic rings. The lowest BCUT2D eigenvalue weighted by Crippen LogP contribution is -2.61. The van der Waals surface area contributed by atoms with Crippen LogP contribution >= 0.6 is 0 Å². The number of aromatic nitrogens is 1. The summed E-state index contributed by atoms with van der Waals surface area (Å²) >= 11 is 0. The largest absolute Gasteiger partial charge is 0.355 e. The second kappa shape index (κ2) is 6.42. The smallest absolute Gasteiger partial charge is 0.126 e. The average molecular weight is 308 g/mol. The molecule has 1 aromatic carbocycles. The molecule has 23 heavy (non-hydrogen) atoms. The monoisotopic (exact) mass is 308 g/mol. The van der Waals surface area contributed by atoms with Gasteiger partial charge in [0.15, 0.2) is 0 Å². The summed E-state index contributed by atoms with van der Waals surface area (Å²) < 4.78 is 6.59. The van der Waals surface area contributed by atoms with E-state index < -0.39 is 0 Å². The van der Waals surface area contributed by atoms with Gasteiger partial charge in [0.05, 0.1) is 6.61 Å². The quantitative estimate of drug-likeness (QED) is 0.843. The number of pyridine rings is 1. The number of benzene rings is 1. The predicted molar refractivity (Wildman–Crippen MR) is 90.8 cm³/mol. The van der Waals surface area contributed by atoms with Crippen LogP contribution in [0.4, 0.5) is 0 Å². The van der Waals surface area contributed by atoms with E-state index in [0.29, 0.717) is 6.61 Å². The van der Waals surface area contributed by atoms with E-state index in [0.717, 1.165) is 18.8 Å². The van der Waals surface area contributed by atoms with Gasteiger partial charge in [-0.1, -0.05) is 36.4 Å². The molecule has 1 atom stereocenters. The molecule has 3 saturated heterocycles. The minimum atomic E-state index is -0.153. The summed E-state index contributed by atoms with van der Waals surface area (Å²) in [6.07, 6.45) is 8.55. The van der Waals surface area contributed by atoms with Crippen molar-refractivity contribution in [3.8, 4) is 0 Å². The Bertz CT molecular complexity index is 623. The van der Waals surface area contributed by atoms with Gasteiger partial charge in [0, 0.05) is 31.9 Å². The first-order valence-electron chi connectivity index (χ1n) is 8.66. The molecule has 2 bridgehead atoms. The molecule has 120 valence electrons. The summed E-state index contributed by atoms with van der Waals surface area (Å²) in [5.74, 6) is 0.812. The third-order valence-corrected chi connectivity index (χ3v) is 5.35. The minimum absolute atomic E-state index is 0.153. The Kier molecular flexibility index (Phi) is 4.15. The van der Waals surface area contributed by atoms with Crippen LogP contribution in [0.1, 0.15) is 30.4 Å². The van der Waals surface area contributed by atoms with Crippen molar-refractivity contribution in [3.05, 3.63) is 66.0 Å². The first-order valence-corrected chi connectivity index (χ1v) is 8.66. The van der Waals surface area contributed by atoms with E-state index in [9.17, 15) is 0 Å². The highest BCUT2D eigenvalue weighted by Crippen LogP contribution is 2.42. The zero-order valence-corrected chi connectivity index (χ0v) is 13.5. The molecule has 3 nitrogen and oxygen atoms in total. The minimum Gasteiger partial charge on any atom is -0.355 e. The summed E-state index contributed by atoms with van der Waals surface area (Å²) in [4.78, 5) is 6.86. The van der Waals surface area contributed by atoms with Crippen molar-refractivity contribution in [2.24, 2.45) is 5.92 Å². The van der Waals surface area contributed by atoms with Crippen LogP contribution in [0, 0.1) is 5.92 Å². The Labute approximate surface area is 138 Å². The fraction of sp³-hybridized carbons (Fsp3) is 0.450. The second-order valence-electron chi connectivity index (χ2n) is 6.89. The summed E-state index contributed by atoms with van der Waals surface area (Å²) in [5.41, 5.74) is 2.37. The molecule has 1 aromatic heterocycles. The van der Waals surface area contributed by atoms with Crippen LogP contribution in [0.3, 0.4) is 0 Å². The van der Waals surface area contributed by atoms with Crippen LogP contribution in [0.15, 0.2) is 54.9 Å². The van der Waals surface area contributed by atoms with Crippen LogP contribution in [-0.4, -0.2) is 28.7 Å². The Hall–Kier alpha value is -1.71. The first-order chi connectivity index (χ1) is 11.3. The number of ether oxygens (including phenoxy) is 1. The van der Waals surface area contributed by atoms with Crippen molar-refractivity contribution in [1.82, 2.24) is 9.88 Å². The molecule has 4 heterocycles. The molecule has 3 fully saturated rings. The van der Waals surface area contributed by atoms with E-state index >= 15 is 0 Å². The Morgan fingerprint density at radius 3 is 2.48 bits per heavy atom. The van der Waals surface area contributed by atoms with Crippen LogP contribution in [0.25, 0.3) is 0 Å². The highest BCUT2D eigenvalue weighted by Gasteiger charge is 2.46. The molecule has 0 N–H and O–H groups in total. The standard InChI is InChI=1S/C20H24N2O/c1-2-5-18(6-3-1)16-23-20(14-19-7-4-10-21-15-19)13-17-8-11-22(20)12-9-17/h1-7,10,15,17H,8-9,11-14,16H2. The van der Waals surface area contributed by atoms with Crippen LogP contribution < -0.4 is 0 Å². The van der Waals surface area contributed by atoms with E-state index in [2.05, 4.69) is 46.3 Å². The zero-order valence-electron chi connectivity index (χ0n) is 13.5. The van der Waals surface area contributed by atoms with E-state index in [1.807, 2.05) is 18.5 Å². The Balaban J connectivity index is 1.56. The van der Waals surface area contributed by atoms with Crippen LogP contribution in [-0.2, 0) is 17.8 Å². The van der Waals surface area contributed by atoms with Gasteiger partial charge in [-0.25, -0.2) is 0 Å². The molecule has 0 aliphatic carbocycles. The van der Waals surface area contributed by atoms with Crippen LogP contribution in [0.5, 0.6) is 0 Å². The summed E-state index contributed by atoms with van der Waals surface area (Å²) in [6, 6.07) is 14.7. The van der Waals surface area contributed by atoms with E-state index in [1.165, 1.54) is 37.1 Å². The molecule has 0 radical (unpaired) electrons. The maximum atomic E-state index is 6.59. The second-order valence-corrected chi connectivity index (χ2v) is 6.89. The Morgan fingerprint density at radius 1 is 1.04 bits per heavy atom. The normalized spacial score (nSPS) is 29.6. The van der Waals surface area contributed by atoms with Gasteiger partial charge in [-0.3, -0.25) is 9.88 Å². The third-order valence-electron chi connectivity index (χ3n) is 5.35. The lowest BCUT2D eigenvalue weighted by atomic mass is 9.78. The molecule has 3 heteroatoms. The average Bonchev–Trinajstić information content (AvgIpc) is 2.63. The van der Waals surface area contributed by atoms with E-state index in [-0.39, 0.29) is 5.72 Å². The van der Waals surface area contributed by atoms with Crippen molar-refractivity contribution in [2.45, 2.75) is 38.0 Å². The molecule has 0 saturated carbocycles. The van der Waals surface area contributed by atoms with Gasteiger partial charge in [0.2, 0.25) is 0 Å². The lowest BCUT2D eigenvalue weighted by Gasteiger charge is -2.54. The van der Waals surface area contributed by atoms with Gasteiger partial charge in [-0.15, -0.1) is 0 Å². The van der Waals surface area contributed by atoms with E-state index in [1.54, 1.807) is 0 Å². The van der Waals surface area contributed by atoms with Gasteiger partial charge in [0.25, 0.3) is 0 Å². The zero-order chi connectivity index (χ0) is 15.5. The molecular weight excluding hydrogens is 284 g/mol. The van der Waals surface area contributed by atoms with Gasteiger partial charge in [-0.05, 0) is 42.4 Å². The number of nitrogens with zero attached hydrogens (tertiary/aromatic N) is 2. The lowest BCUT2D eigenvalue weighted by molar-refractivity contribution is -0.213. The molecule has 3 aliphatic rings. The van der Waals surface area contributed by atoms with E-state index in [4.69, 9.17) is 4.74 Å². The topological polar surface area (TPSA) is 25.4 Å². The number of fused-ring (bicyclic) bond motifs is 3. The van der Waals surface area contributed by atoms with Gasteiger partial charge >= 0.3 is 0 Å². The molecule has 5 rings (SSSR count). The maximum absolute atomic E-state index is 6.59. The highest BCUT2D eigenvalue weighted by molar-refractivity contribution is 5.16. The van der Waals surface area contributed by atoms with Gasteiger partial charge in [-0.2, -0.15) is 0 Å². The molecule has 0 spiro atoms. The molecule has 3 aliphatic heterocycles. The van der Waals surface area contributed by atoms with Crippen molar-refractivity contribution in [3.63, 3.8) is 0 Å². The number of hydrogen-bond acceptors (Lipinski definition) is 3. The molecular formula is C20H24N2O. The van der Waals surface area contributed by atoms with Crippen molar-refractivity contribution in [1.29, 1.82) is 0 Å². The molecule has 1 unspecified atom stereocenters. The summed E-state index contributed by atoms with van der Waals surface area (Å²) in [7, 11) is 0. The van der Waals surface area contributed by atoms with Crippen molar-refractivity contribution in [2.75, 3.05) is 13.1 Å². The fourth-order valence-corrected chi connectivity index (χ4v) is 4.12. The predicted octanol–water partition coefficient (Wildman–Crippen LogP) is 3.65. The van der Waals surface area contributed by atoms with Crippen molar-refractivity contribution >= 4 is 0 Å². The highest BCUT2D eigenvalue weighted by atomic mass is 16.5. The van der Waals surface area contributed by atoms with Gasteiger partial charge in [0.1, 0.15) is 5.72 Å². The SMILES string of the molecule is c1ccc(COC2(Cc3cccnc3)CC3CCN2CC3)cc1. The third kappa shape index (κ3) is 3.17. The number of hydrogen-bond donors (Lipinski definition) is 0. The number of rotatable bonds is 5. The summed E-state index contributed by atoms with van der Waals surface area (Å²) in [5, 5.41) is 0. The molecule has 0 amide bonds. The van der Waals surface area contributed by atoms with Gasteiger partial charge < -0.3 is 4.74 Å². The number of piperidine rings is 3. The summed E-state index contributed by atoms with van der Waals surface area (Å²) in [6.45, 7) is 3.02. The van der Waals surface area contributed by atoms with Crippen molar-refractivity contribution < 1.29 is 4.74 Å². The Morgan fingerprint density at radius 2 is 1.83 bits per heavy atom. The van der Waals surface area contributed by atoms with Crippen LogP contribution in [0.2, 0.25) is 0 Å². The first kappa shape index (κ1) is 14.9. The fourth-order valence-electron chi connectivity index (χ4n) is 4.12.